The summed E-state index contributed by atoms with van der Waals surface area (Å²) >= 11 is 0. The molecule has 0 aromatic heterocycles. The molecule has 2 aromatic rings. The molecule has 0 saturated carbocycles. The smallest absolute Gasteiger partial charge is 0.242 e. The molecule has 0 spiro atoms. The van der Waals surface area contributed by atoms with Gasteiger partial charge < -0.3 is 24.6 Å². The highest BCUT2D eigenvalue weighted by Gasteiger charge is 2.22. The molecule has 2 aromatic carbocycles. The van der Waals surface area contributed by atoms with Crippen LogP contribution in [0.3, 0.4) is 0 Å². The zero-order valence-corrected chi connectivity index (χ0v) is 16.7. The molecule has 0 aliphatic carbocycles. The van der Waals surface area contributed by atoms with Crippen LogP contribution in [0.1, 0.15) is 6.42 Å². The van der Waals surface area contributed by atoms with Crippen molar-refractivity contribution in [3.05, 3.63) is 54.6 Å². The quantitative estimate of drug-likeness (QED) is 0.737. The van der Waals surface area contributed by atoms with E-state index in [1.807, 2.05) is 54.6 Å². The van der Waals surface area contributed by atoms with Crippen molar-refractivity contribution in [2.75, 3.05) is 51.3 Å². The fourth-order valence-corrected chi connectivity index (χ4v) is 3.24. The first kappa shape index (κ1) is 20.5. The number of benzene rings is 2. The number of carbonyl (C=O) groups is 2. The van der Waals surface area contributed by atoms with Gasteiger partial charge in [0.05, 0.1) is 32.4 Å². The lowest BCUT2D eigenvalue weighted by molar-refractivity contribution is -0.133. The van der Waals surface area contributed by atoms with E-state index in [0.717, 1.165) is 30.3 Å². The number of nitrogens with zero attached hydrogens (tertiary/aromatic N) is 2. The highest BCUT2D eigenvalue weighted by atomic mass is 16.5. The standard InChI is InChI=1S/C22H27N3O4/c1-28-20-10-6-5-9-19(20)24-12-14-25(15-13-24)22(27)17-23-21(26)11-16-29-18-7-3-2-4-8-18/h2-10H,11-17H2,1H3,(H,23,26). The summed E-state index contributed by atoms with van der Waals surface area (Å²) in [7, 11) is 1.66. The molecule has 7 nitrogen and oxygen atoms in total. The second-order valence-corrected chi connectivity index (χ2v) is 6.73. The highest BCUT2D eigenvalue weighted by Crippen LogP contribution is 2.28. The molecule has 0 atom stereocenters. The van der Waals surface area contributed by atoms with Gasteiger partial charge in [0.25, 0.3) is 0 Å². The minimum absolute atomic E-state index is 0.0127. The van der Waals surface area contributed by atoms with E-state index < -0.39 is 0 Å². The van der Waals surface area contributed by atoms with Crippen LogP contribution in [-0.4, -0.2) is 63.2 Å². The first-order valence-corrected chi connectivity index (χ1v) is 9.77. The van der Waals surface area contributed by atoms with E-state index in [-0.39, 0.29) is 31.4 Å². The average molecular weight is 397 g/mol. The molecule has 29 heavy (non-hydrogen) atoms. The van der Waals surface area contributed by atoms with Crippen molar-refractivity contribution in [2.24, 2.45) is 0 Å². The van der Waals surface area contributed by atoms with Gasteiger partial charge in [-0.25, -0.2) is 0 Å². The van der Waals surface area contributed by atoms with Gasteiger partial charge in [-0.3, -0.25) is 9.59 Å². The number of nitrogens with one attached hydrogen (secondary N) is 1. The topological polar surface area (TPSA) is 71.1 Å². The van der Waals surface area contributed by atoms with Gasteiger partial charge in [-0.15, -0.1) is 0 Å². The Morgan fingerprint density at radius 3 is 2.38 bits per heavy atom. The zero-order valence-electron chi connectivity index (χ0n) is 16.7. The monoisotopic (exact) mass is 397 g/mol. The number of amides is 2. The van der Waals surface area contributed by atoms with Crippen LogP contribution in [0, 0.1) is 0 Å². The summed E-state index contributed by atoms with van der Waals surface area (Å²) in [6.07, 6.45) is 0.212. The van der Waals surface area contributed by atoms with Crippen LogP contribution in [0.2, 0.25) is 0 Å². The minimum Gasteiger partial charge on any atom is -0.495 e. The number of para-hydroxylation sites is 3. The largest absolute Gasteiger partial charge is 0.495 e. The lowest BCUT2D eigenvalue weighted by Gasteiger charge is -2.36. The van der Waals surface area contributed by atoms with E-state index in [0.29, 0.717) is 13.1 Å². The normalized spacial score (nSPS) is 13.7. The Morgan fingerprint density at radius 2 is 1.66 bits per heavy atom. The summed E-state index contributed by atoms with van der Waals surface area (Å²) in [5, 5.41) is 2.68. The Bertz CT molecular complexity index is 805. The van der Waals surface area contributed by atoms with E-state index >= 15 is 0 Å². The van der Waals surface area contributed by atoms with Crippen molar-refractivity contribution in [3.8, 4) is 11.5 Å². The summed E-state index contributed by atoms with van der Waals surface area (Å²) < 4.78 is 10.9. The molecule has 1 saturated heterocycles. The highest BCUT2D eigenvalue weighted by molar-refractivity contribution is 5.85. The van der Waals surface area contributed by atoms with Gasteiger partial charge in [0.2, 0.25) is 11.8 Å². The first-order valence-electron chi connectivity index (χ1n) is 9.77. The number of hydrogen-bond acceptors (Lipinski definition) is 5. The Balaban J connectivity index is 1.37. The second kappa shape index (κ2) is 10.4. The molecule has 0 radical (unpaired) electrons. The fraction of sp³-hybridized carbons (Fsp3) is 0.364. The van der Waals surface area contributed by atoms with Gasteiger partial charge in [-0.05, 0) is 24.3 Å². The lowest BCUT2D eigenvalue weighted by Crippen LogP contribution is -2.51. The SMILES string of the molecule is COc1ccccc1N1CCN(C(=O)CNC(=O)CCOc2ccccc2)CC1. The molecule has 7 heteroatoms. The van der Waals surface area contributed by atoms with Crippen molar-refractivity contribution >= 4 is 17.5 Å². The molecule has 154 valence electrons. The van der Waals surface area contributed by atoms with Crippen LogP contribution >= 0.6 is 0 Å². The third-order valence-electron chi connectivity index (χ3n) is 4.84. The summed E-state index contributed by atoms with van der Waals surface area (Å²) in [5.74, 6) is 1.30. The van der Waals surface area contributed by atoms with Gasteiger partial charge in [-0.1, -0.05) is 30.3 Å². The average Bonchev–Trinajstić information content (AvgIpc) is 2.78. The zero-order chi connectivity index (χ0) is 20.5. The van der Waals surface area contributed by atoms with Crippen LogP contribution in [0.15, 0.2) is 54.6 Å². The van der Waals surface area contributed by atoms with Crippen molar-refractivity contribution in [1.29, 1.82) is 0 Å². The summed E-state index contributed by atoms with van der Waals surface area (Å²) in [5.41, 5.74) is 1.04. The number of piperazine rings is 1. The van der Waals surface area contributed by atoms with Crippen molar-refractivity contribution in [1.82, 2.24) is 10.2 Å². The fourth-order valence-electron chi connectivity index (χ4n) is 3.24. The second-order valence-electron chi connectivity index (χ2n) is 6.73. The summed E-state index contributed by atoms with van der Waals surface area (Å²) in [6, 6.07) is 17.2. The molecule has 3 rings (SSSR count). The van der Waals surface area contributed by atoms with Crippen LogP contribution in [0.25, 0.3) is 0 Å². The Morgan fingerprint density at radius 1 is 0.966 bits per heavy atom. The number of hydrogen-bond donors (Lipinski definition) is 1. The van der Waals surface area contributed by atoms with E-state index in [1.54, 1.807) is 12.0 Å². The molecular formula is C22H27N3O4. The maximum Gasteiger partial charge on any atom is 0.242 e. The van der Waals surface area contributed by atoms with E-state index in [4.69, 9.17) is 9.47 Å². The van der Waals surface area contributed by atoms with Gasteiger partial charge in [0, 0.05) is 26.2 Å². The van der Waals surface area contributed by atoms with Crippen molar-refractivity contribution in [2.45, 2.75) is 6.42 Å². The molecule has 1 heterocycles. The van der Waals surface area contributed by atoms with Gasteiger partial charge in [0.15, 0.2) is 0 Å². The summed E-state index contributed by atoms with van der Waals surface area (Å²) in [6.45, 7) is 2.98. The predicted molar refractivity (Wildman–Crippen MR) is 111 cm³/mol. The minimum atomic E-state index is -0.193. The molecule has 0 unspecified atom stereocenters. The van der Waals surface area contributed by atoms with Crippen LogP contribution in [-0.2, 0) is 9.59 Å². The van der Waals surface area contributed by atoms with Crippen LogP contribution in [0.4, 0.5) is 5.69 Å². The van der Waals surface area contributed by atoms with Crippen molar-refractivity contribution in [3.63, 3.8) is 0 Å². The van der Waals surface area contributed by atoms with E-state index in [2.05, 4.69) is 10.2 Å². The van der Waals surface area contributed by atoms with E-state index in [1.165, 1.54) is 0 Å². The van der Waals surface area contributed by atoms with Crippen LogP contribution < -0.4 is 19.7 Å². The predicted octanol–water partition coefficient (Wildman–Crippen LogP) is 1.93. The maximum absolute atomic E-state index is 12.4. The first-order chi connectivity index (χ1) is 14.2. The van der Waals surface area contributed by atoms with Crippen molar-refractivity contribution < 1.29 is 19.1 Å². The number of ether oxygens (including phenoxy) is 2. The Labute approximate surface area is 171 Å². The lowest BCUT2D eigenvalue weighted by atomic mass is 10.2. The van der Waals surface area contributed by atoms with Gasteiger partial charge in [-0.2, -0.15) is 0 Å². The number of anilines is 1. The third kappa shape index (κ3) is 5.88. The third-order valence-corrected chi connectivity index (χ3v) is 4.84. The molecule has 1 aliphatic rings. The van der Waals surface area contributed by atoms with E-state index in [9.17, 15) is 9.59 Å². The number of methoxy groups -OCH3 is 1. The molecule has 1 N–H and O–H groups in total. The molecule has 1 fully saturated rings. The van der Waals surface area contributed by atoms with Gasteiger partial charge in [0.1, 0.15) is 11.5 Å². The number of carbonyl (C=O) groups excluding carboxylic acids is 2. The molecule has 0 bridgehead atoms. The Kier molecular flexibility index (Phi) is 7.33. The molecular weight excluding hydrogens is 370 g/mol. The molecule has 2 amide bonds. The Hall–Kier alpha value is -3.22. The number of rotatable bonds is 8. The maximum atomic E-state index is 12.4. The molecule has 1 aliphatic heterocycles. The van der Waals surface area contributed by atoms with Crippen LogP contribution in [0.5, 0.6) is 11.5 Å². The summed E-state index contributed by atoms with van der Waals surface area (Å²) in [4.78, 5) is 28.3. The van der Waals surface area contributed by atoms with Gasteiger partial charge >= 0.3 is 0 Å².